The summed E-state index contributed by atoms with van der Waals surface area (Å²) in [5.41, 5.74) is 1.46. The van der Waals surface area contributed by atoms with Crippen LogP contribution in [0.15, 0.2) is 67.1 Å². The van der Waals surface area contributed by atoms with Gasteiger partial charge in [0, 0.05) is 30.9 Å². The molecule has 2 fully saturated rings. The molecule has 0 saturated carbocycles. The molecule has 2 saturated heterocycles. The molecule has 2 N–H and O–H groups in total. The molecule has 1 amide bonds. The molecule has 2 aromatic heterocycles. The van der Waals surface area contributed by atoms with Gasteiger partial charge in [-0.15, -0.1) is 0 Å². The van der Waals surface area contributed by atoms with Crippen LogP contribution in [-0.4, -0.2) is 76.0 Å². The number of ether oxygens (including phenoxy) is 3. The number of H-pyrrole nitrogens is 1. The third-order valence-corrected chi connectivity index (χ3v) is 7.05. The van der Waals surface area contributed by atoms with Gasteiger partial charge in [0.2, 0.25) is 0 Å². The number of para-hydroxylation sites is 1. The maximum Gasteiger partial charge on any atom is 0.338 e. The largest absolute Gasteiger partial charge is 0.467 e. The highest BCUT2D eigenvalue weighted by Gasteiger charge is 2.53. The number of carbonyl (C=O) groups is 3. The molecule has 40 heavy (non-hydrogen) atoms. The van der Waals surface area contributed by atoms with Crippen LogP contribution in [0.3, 0.4) is 0 Å². The van der Waals surface area contributed by atoms with Gasteiger partial charge in [-0.1, -0.05) is 18.2 Å². The molecule has 3 unspecified atom stereocenters. The van der Waals surface area contributed by atoms with Crippen LogP contribution >= 0.6 is 0 Å². The van der Waals surface area contributed by atoms with Gasteiger partial charge in [0.25, 0.3) is 5.91 Å². The third kappa shape index (κ3) is 5.10. The van der Waals surface area contributed by atoms with E-state index in [2.05, 4.69) is 25.0 Å². The van der Waals surface area contributed by atoms with Crippen molar-refractivity contribution in [3.8, 4) is 11.5 Å². The van der Waals surface area contributed by atoms with Crippen molar-refractivity contribution in [2.75, 3.05) is 25.5 Å². The summed E-state index contributed by atoms with van der Waals surface area (Å²) in [6.45, 7) is 0.983. The number of piperidine rings is 1. The molecule has 6 rings (SSSR count). The van der Waals surface area contributed by atoms with E-state index in [0.29, 0.717) is 52.6 Å². The molecule has 204 valence electrons. The molecule has 11 heteroatoms. The molecule has 0 bridgehead atoms. The van der Waals surface area contributed by atoms with Gasteiger partial charge in [0.1, 0.15) is 29.3 Å². The zero-order chi connectivity index (χ0) is 27.6. The second kappa shape index (κ2) is 10.8. The molecule has 2 aliphatic heterocycles. The number of nitrogens with zero attached hydrogens (tertiary/aromatic N) is 3. The number of epoxide rings is 1. The fraction of sp³-hybridized carbons (Fsp3) is 0.276. The standard InChI is InChI=1S/C29H27N5O6/c1-38-29(37)25-24(40-25)28(36)34-13-5-6-18(15-34)33-27-22-21(14-30-26(22)31-16-32-27)23(35)17-9-11-20(12-10-17)39-19-7-3-2-4-8-19/h2-4,7-12,14,16,18,24-25H,5-6,13,15H2,1H3,(H2,30,31,32,33). The van der Waals surface area contributed by atoms with E-state index in [4.69, 9.17) is 9.47 Å². The molecule has 3 atom stereocenters. The van der Waals surface area contributed by atoms with Crippen LogP contribution in [0.1, 0.15) is 28.8 Å². The molecule has 2 aliphatic rings. The first-order valence-electron chi connectivity index (χ1n) is 13.0. The molecule has 11 nitrogen and oxygen atoms in total. The Balaban J connectivity index is 1.17. The number of aromatic nitrogens is 3. The summed E-state index contributed by atoms with van der Waals surface area (Å²) in [5, 5.41) is 3.99. The number of anilines is 1. The first-order chi connectivity index (χ1) is 19.5. The van der Waals surface area contributed by atoms with Crippen molar-refractivity contribution in [2.45, 2.75) is 31.1 Å². The van der Waals surface area contributed by atoms with Crippen LogP contribution in [0.2, 0.25) is 0 Å². The van der Waals surface area contributed by atoms with Crippen molar-refractivity contribution in [1.82, 2.24) is 19.9 Å². The van der Waals surface area contributed by atoms with Gasteiger partial charge >= 0.3 is 5.97 Å². The van der Waals surface area contributed by atoms with Gasteiger partial charge in [-0.05, 0) is 49.2 Å². The van der Waals surface area contributed by atoms with Gasteiger partial charge in [-0.25, -0.2) is 14.8 Å². The Morgan fingerprint density at radius 3 is 2.58 bits per heavy atom. The lowest BCUT2D eigenvalue weighted by Gasteiger charge is -2.33. The van der Waals surface area contributed by atoms with Gasteiger partial charge in [0.05, 0.1) is 18.1 Å². The normalized spacial score (nSPS) is 20.1. The Morgan fingerprint density at radius 2 is 1.80 bits per heavy atom. The minimum absolute atomic E-state index is 0.113. The summed E-state index contributed by atoms with van der Waals surface area (Å²) in [7, 11) is 1.27. The lowest BCUT2D eigenvalue weighted by atomic mass is 10.0. The van der Waals surface area contributed by atoms with E-state index >= 15 is 0 Å². The van der Waals surface area contributed by atoms with Gasteiger partial charge in [-0.2, -0.15) is 0 Å². The van der Waals surface area contributed by atoms with Crippen molar-refractivity contribution in [2.24, 2.45) is 0 Å². The Hall–Kier alpha value is -4.77. The molecular formula is C29H27N5O6. The number of rotatable bonds is 8. The average molecular weight is 542 g/mol. The Labute approximate surface area is 229 Å². The number of carbonyl (C=O) groups excluding carboxylic acids is 3. The number of ketones is 1. The summed E-state index contributed by atoms with van der Waals surface area (Å²) in [5.74, 6) is 0.882. The quantitative estimate of drug-likeness (QED) is 0.195. The first kappa shape index (κ1) is 25.5. The molecule has 0 spiro atoms. The summed E-state index contributed by atoms with van der Waals surface area (Å²) in [6.07, 6.45) is 3.00. The Kier molecular flexibility index (Phi) is 6.87. The van der Waals surface area contributed by atoms with E-state index in [9.17, 15) is 14.4 Å². The third-order valence-electron chi connectivity index (χ3n) is 7.05. The number of methoxy groups -OCH3 is 1. The maximum absolute atomic E-state index is 13.5. The van der Waals surface area contributed by atoms with Crippen LogP contribution in [0.4, 0.5) is 5.82 Å². The van der Waals surface area contributed by atoms with E-state index in [1.165, 1.54) is 13.4 Å². The predicted molar refractivity (Wildman–Crippen MR) is 144 cm³/mol. The number of benzene rings is 2. The lowest BCUT2D eigenvalue weighted by Crippen LogP contribution is -2.47. The fourth-order valence-electron chi connectivity index (χ4n) is 4.97. The number of hydrogen-bond acceptors (Lipinski definition) is 9. The molecule has 0 radical (unpaired) electrons. The van der Waals surface area contributed by atoms with Crippen molar-refractivity contribution in [3.05, 3.63) is 78.2 Å². The average Bonchev–Trinajstić information content (AvgIpc) is 3.68. The SMILES string of the molecule is COC(=O)C1OC1C(=O)N1CCCC(Nc2ncnc3[nH]cc(C(=O)c4ccc(Oc5ccccc5)cc4)c23)C1. The zero-order valence-electron chi connectivity index (χ0n) is 21.7. The summed E-state index contributed by atoms with van der Waals surface area (Å²) < 4.78 is 15.8. The summed E-state index contributed by atoms with van der Waals surface area (Å²) in [4.78, 5) is 51.6. The van der Waals surface area contributed by atoms with Crippen molar-refractivity contribution < 1.29 is 28.6 Å². The van der Waals surface area contributed by atoms with Crippen LogP contribution < -0.4 is 10.1 Å². The molecule has 0 aliphatic carbocycles. The van der Waals surface area contributed by atoms with E-state index in [-0.39, 0.29) is 17.7 Å². The summed E-state index contributed by atoms with van der Waals surface area (Å²) in [6, 6.07) is 16.3. The predicted octanol–water partition coefficient (Wildman–Crippen LogP) is 3.32. The lowest BCUT2D eigenvalue weighted by molar-refractivity contribution is -0.142. The molecule has 4 heterocycles. The van der Waals surface area contributed by atoms with E-state index in [1.54, 1.807) is 35.4 Å². The van der Waals surface area contributed by atoms with Crippen molar-refractivity contribution >= 4 is 34.5 Å². The van der Waals surface area contributed by atoms with Gasteiger partial charge in [-0.3, -0.25) is 9.59 Å². The number of amides is 1. The van der Waals surface area contributed by atoms with E-state index < -0.39 is 18.2 Å². The van der Waals surface area contributed by atoms with E-state index in [0.717, 1.165) is 12.8 Å². The fourth-order valence-corrected chi connectivity index (χ4v) is 4.97. The van der Waals surface area contributed by atoms with Crippen molar-refractivity contribution in [1.29, 1.82) is 0 Å². The number of esters is 1. The second-order valence-corrected chi connectivity index (χ2v) is 9.69. The van der Waals surface area contributed by atoms with Crippen LogP contribution in [0.25, 0.3) is 11.0 Å². The van der Waals surface area contributed by atoms with Gasteiger partial charge in [0.15, 0.2) is 18.0 Å². The zero-order valence-corrected chi connectivity index (χ0v) is 21.7. The number of hydrogen-bond donors (Lipinski definition) is 2. The molecule has 4 aromatic rings. The maximum atomic E-state index is 13.5. The topological polar surface area (TPSA) is 139 Å². The first-order valence-corrected chi connectivity index (χ1v) is 13.0. The Bertz CT molecular complexity index is 1550. The number of nitrogens with one attached hydrogen (secondary N) is 2. The minimum Gasteiger partial charge on any atom is -0.467 e. The number of aromatic amines is 1. The van der Waals surface area contributed by atoms with Crippen LogP contribution in [0, 0.1) is 0 Å². The second-order valence-electron chi connectivity index (χ2n) is 9.69. The van der Waals surface area contributed by atoms with Gasteiger partial charge < -0.3 is 29.4 Å². The monoisotopic (exact) mass is 541 g/mol. The Morgan fingerprint density at radius 1 is 1.02 bits per heavy atom. The highest BCUT2D eigenvalue weighted by Crippen LogP contribution is 2.30. The highest BCUT2D eigenvalue weighted by atomic mass is 16.6. The molecule has 2 aromatic carbocycles. The van der Waals surface area contributed by atoms with E-state index in [1.807, 2.05) is 30.3 Å². The molecular weight excluding hydrogens is 514 g/mol. The summed E-state index contributed by atoms with van der Waals surface area (Å²) >= 11 is 0. The minimum atomic E-state index is -0.834. The van der Waals surface area contributed by atoms with Crippen LogP contribution in [-0.2, 0) is 19.1 Å². The highest BCUT2D eigenvalue weighted by molar-refractivity contribution is 6.18. The number of likely N-dealkylation sites (tertiary alicyclic amines) is 1. The van der Waals surface area contributed by atoms with Crippen molar-refractivity contribution in [3.63, 3.8) is 0 Å². The number of fused-ring (bicyclic) bond motifs is 1. The smallest absolute Gasteiger partial charge is 0.338 e. The van der Waals surface area contributed by atoms with Crippen LogP contribution in [0.5, 0.6) is 11.5 Å².